The van der Waals surface area contributed by atoms with Gasteiger partial charge in [0, 0.05) is 26.3 Å². The molecule has 98 valence electrons. The third kappa shape index (κ3) is 3.19. The summed E-state index contributed by atoms with van der Waals surface area (Å²) in [6.07, 6.45) is 4.09. The monoisotopic (exact) mass is 240 g/mol. The van der Waals surface area contributed by atoms with Crippen molar-refractivity contribution in [2.45, 2.75) is 38.6 Å². The molecule has 0 aromatic heterocycles. The van der Waals surface area contributed by atoms with Gasteiger partial charge in [-0.2, -0.15) is 0 Å². The van der Waals surface area contributed by atoms with Gasteiger partial charge in [-0.3, -0.25) is 4.79 Å². The fourth-order valence-corrected chi connectivity index (χ4v) is 2.72. The van der Waals surface area contributed by atoms with Gasteiger partial charge in [0.1, 0.15) is 0 Å². The van der Waals surface area contributed by atoms with E-state index in [1.165, 1.54) is 0 Å². The number of nitrogens with two attached hydrogens (primary N) is 1. The first-order chi connectivity index (χ1) is 8.18. The van der Waals surface area contributed by atoms with E-state index in [9.17, 15) is 4.79 Å². The van der Waals surface area contributed by atoms with Gasteiger partial charge in [-0.15, -0.1) is 0 Å². The number of hydrogen-bond donors (Lipinski definition) is 1. The Morgan fingerprint density at radius 2 is 1.82 bits per heavy atom. The highest BCUT2D eigenvalue weighted by Gasteiger charge is 2.31. The molecule has 4 heteroatoms. The molecule has 0 saturated carbocycles. The maximum absolute atomic E-state index is 12.3. The van der Waals surface area contributed by atoms with Crippen LogP contribution >= 0.6 is 0 Å². The Morgan fingerprint density at radius 3 is 2.41 bits per heavy atom. The van der Waals surface area contributed by atoms with Crippen LogP contribution < -0.4 is 5.73 Å². The molecule has 0 bridgehead atoms. The SMILES string of the molecule is CC1CCN(C(=O)C(N)C2CCOCC2)CC1. The second-order valence-electron chi connectivity index (χ2n) is 5.48. The lowest BCUT2D eigenvalue weighted by Crippen LogP contribution is -2.51. The number of carbonyl (C=O) groups excluding carboxylic acids is 1. The molecule has 2 heterocycles. The van der Waals surface area contributed by atoms with Crippen LogP contribution in [0.25, 0.3) is 0 Å². The molecule has 2 saturated heterocycles. The van der Waals surface area contributed by atoms with E-state index in [1.54, 1.807) is 0 Å². The van der Waals surface area contributed by atoms with E-state index in [1.807, 2.05) is 4.90 Å². The highest BCUT2D eigenvalue weighted by atomic mass is 16.5. The van der Waals surface area contributed by atoms with Crippen molar-refractivity contribution in [2.24, 2.45) is 17.6 Å². The fraction of sp³-hybridized carbons (Fsp3) is 0.923. The first-order valence-electron chi connectivity index (χ1n) is 6.80. The molecule has 2 aliphatic heterocycles. The molecular formula is C13H24N2O2. The zero-order valence-corrected chi connectivity index (χ0v) is 10.7. The van der Waals surface area contributed by atoms with Crippen LogP contribution in [-0.4, -0.2) is 43.2 Å². The maximum Gasteiger partial charge on any atom is 0.239 e. The molecule has 0 spiro atoms. The first-order valence-corrected chi connectivity index (χ1v) is 6.80. The fourth-order valence-electron chi connectivity index (χ4n) is 2.72. The van der Waals surface area contributed by atoms with E-state index in [0.717, 1.165) is 57.9 Å². The van der Waals surface area contributed by atoms with Crippen molar-refractivity contribution < 1.29 is 9.53 Å². The van der Waals surface area contributed by atoms with Crippen LogP contribution in [0, 0.1) is 11.8 Å². The summed E-state index contributed by atoms with van der Waals surface area (Å²) in [7, 11) is 0. The van der Waals surface area contributed by atoms with Crippen LogP contribution in [0.4, 0.5) is 0 Å². The summed E-state index contributed by atoms with van der Waals surface area (Å²) in [5.74, 6) is 1.22. The molecule has 1 unspecified atom stereocenters. The topological polar surface area (TPSA) is 55.6 Å². The predicted octanol–water partition coefficient (Wildman–Crippen LogP) is 0.999. The Labute approximate surface area is 103 Å². The molecule has 1 atom stereocenters. The highest BCUT2D eigenvalue weighted by Crippen LogP contribution is 2.21. The van der Waals surface area contributed by atoms with E-state index in [4.69, 9.17) is 10.5 Å². The van der Waals surface area contributed by atoms with Gasteiger partial charge in [-0.05, 0) is 37.5 Å². The van der Waals surface area contributed by atoms with E-state index in [2.05, 4.69) is 6.92 Å². The standard InChI is InChI=1S/C13H24N2O2/c1-10-2-6-15(7-3-10)13(16)12(14)11-4-8-17-9-5-11/h10-12H,2-9,14H2,1H3. The van der Waals surface area contributed by atoms with Gasteiger partial charge in [-0.1, -0.05) is 6.92 Å². The van der Waals surface area contributed by atoms with Crippen LogP contribution in [0.15, 0.2) is 0 Å². The zero-order chi connectivity index (χ0) is 12.3. The van der Waals surface area contributed by atoms with E-state index in [-0.39, 0.29) is 11.9 Å². The summed E-state index contributed by atoms with van der Waals surface area (Å²) in [4.78, 5) is 14.2. The zero-order valence-electron chi connectivity index (χ0n) is 10.7. The molecule has 1 amide bonds. The molecule has 4 nitrogen and oxygen atoms in total. The summed E-state index contributed by atoms with van der Waals surface area (Å²) >= 11 is 0. The average Bonchev–Trinajstić information content (AvgIpc) is 2.39. The van der Waals surface area contributed by atoms with Crippen LogP contribution in [0.3, 0.4) is 0 Å². The van der Waals surface area contributed by atoms with Gasteiger partial charge in [0.25, 0.3) is 0 Å². The number of amides is 1. The third-order valence-corrected chi connectivity index (χ3v) is 4.15. The smallest absolute Gasteiger partial charge is 0.239 e. The minimum Gasteiger partial charge on any atom is -0.381 e. The van der Waals surface area contributed by atoms with E-state index in [0.29, 0.717) is 5.92 Å². The van der Waals surface area contributed by atoms with Gasteiger partial charge < -0.3 is 15.4 Å². The van der Waals surface area contributed by atoms with Crippen molar-refractivity contribution in [1.82, 2.24) is 4.90 Å². The first kappa shape index (κ1) is 12.8. The quantitative estimate of drug-likeness (QED) is 0.783. The number of carbonyl (C=O) groups is 1. The number of nitrogens with zero attached hydrogens (tertiary/aromatic N) is 1. The molecule has 2 fully saturated rings. The Balaban J connectivity index is 1.85. The van der Waals surface area contributed by atoms with Gasteiger partial charge in [0.05, 0.1) is 6.04 Å². The van der Waals surface area contributed by atoms with Crippen LogP contribution in [-0.2, 0) is 9.53 Å². The molecule has 2 rings (SSSR count). The summed E-state index contributed by atoms with van der Waals surface area (Å²) in [5, 5.41) is 0. The van der Waals surface area contributed by atoms with Crippen molar-refractivity contribution in [3.05, 3.63) is 0 Å². The molecule has 0 radical (unpaired) electrons. The largest absolute Gasteiger partial charge is 0.381 e. The summed E-state index contributed by atoms with van der Waals surface area (Å²) in [5.41, 5.74) is 6.11. The number of piperidine rings is 1. The van der Waals surface area contributed by atoms with Crippen LogP contribution in [0.2, 0.25) is 0 Å². The number of likely N-dealkylation sites (tertiary alicyclic amines) is 1. The molecule has 0 aliphatic carbocycles. The third-order valence-electron chi connectivity index (χ3n) is 4.15. The van der Waals surface area contributed by atoms with E-state index < -0.39 is 0 Å². The molecule has 2 N–H and O–H groups in total. The molecule has 0 aromatic rings. The van der Waals surface area contributed by atoms with Crippen molar-refractivity contribution in [1.29, 1.82) is 0 Å². The summed E-state index contributed by atoms with van der Waals surface area (Å²) in [6.45, 7) is 5.53. The number of ether oxygens (including phenoxy) is 1. The Morgan fingerprint density at radius 1 is 1.24 bits per heavy atom. The Bertz CT molecular complexity index is 256. The highest BCUT2D eigenvalue weighted by molar-refractivity contribution is 5.82. The lowest BCUT2D eigenvalue weighted by Gasteiger charge is -2.35. The molecular weight excluding hydrogens is 216 g/mol. The molecule has 17 heavy (non-hydrogen) atoms. The van der Waals surface area contributed by atoms with Crippen LogP contribution in [0.1, 0.15) is 32.6 Å². The number of rotatable bonds is 2. The lowest BCUT2D eigenvalue weighted by atomic mass is 9.90. The second kappa shape index (κ2) is 5.83. The van der Waals surface area contributed by atoms with Gasteiger partial charge >= 0.3 is 0 Å². The second-order valence-corrected chi connectivity index (χ2v) is 5.48. The Hall–Kier alpha value is -0.610. The predicted molar refractivity (Wildman–Crippen MR) is 66.5 cm³/mol. The Kier molecular flexibility index (Phi) is 4.40. The van der Waals surface area contributed by atoms with E-state index >= 15 is 0 Å². The minimum atomic E-state index is -0.313. The van der Waals surface area contributed by atoms with Gasteiger partial charge in [0.2, 0.25) is 5.91 Å². The maximum atomic E-state index is 12.3. The van der Waals surface area contributed by atoms with Crippen LogP contribution in [0.5, 0.6) is 0 Å². The lowest BCUT2D eigenvalue weighted by molar-refractivity contribution is -0.136. The van der Waals surface area contributed by atoms with Crippen molar-refractivity contribution in [2.75, 3.05) is 26.3 Å². The number of hydrogen-bond acceptors (Lipinski definition) is 3. The van der Waals surface area contributed by atoms with Gasteiger partial charge in [0.15, 0.2) is 0 Å². The molecule has 2 aliphatic rings. The normalized spacial score (nSPS) is 25.9. The van der Waals surface area contributed by atoms with Crippen molar-refractivity contribution in [3.63, 3.8) is 0 Å². The van der Waals surface area contributed by atoms with Crippen molar-refractivity contribution in [3.8, 4) is 0 Å². The van der Waals surface area contributed by atoms with Crippen molar-refractivity contribution >= 4 is 5.91 Å². The average molecular weight is 240 g/mol. The summed E-state index contributed by atoms with van der Waals surface area (Å²) < 4.78 is 5.31. The minimum absolute atomic E-state index is 0.156. The summed E-state index contributed by atoms with van der Waals surface area (Å²) in [6, 6.07) is -0.313. The van der Waals surface area contributed by atoms with Gasteiger partial charge in [-0.25, -0.2) is 0 Å². The molecule has 0 aromatic carbocycles.